The molecule has 0 atom stereocenters. The fraction of sp³-hybridized carbons (Fsp3) is 0.500. The molecule has 5 heteroatoms. The van der Waals surface area contributed by atoms with E-state index in [1.807, 2.05) is 0 Å². The predicted molar refractivity (Wildman–Crippen MR) is 56.9 cm³/mol. The number of aromatic carboxylic acids is 1. The van der Waals surface area contributed by atoms with Crippen LogP contribution >= 0.6 is 0 Å². The molecule has 0 unspecified atom stereocenters. The Morgan fingerprint density at radius 1 is 1.47 bits per heavy atom. The highest BCUT2D eigenvalue weighted by molar-refractivity contribution is 5.86. The van der Waals surface area contributed by atoms with Crippen LogP contribution in [-0.2, 0) is 0 Å². The maximum absolute atomic E-state index is 10.5. The number of nitrogens with one attached hydrogen (secondary N) is 1. The molecule has 0 saturated heterocycles. The second-order valence-electron chi connectivity index (χ2n) is 3.71. The third-order valence-electron chi connectivity index (χ3n) is 1.90. The van der Waals surface area contributed by atoms with Gasteiger partial charge in [-0.15, -0.1) is 0 Å². The van der Waals surface area contributed by atoms with Gasteiger partial charge < -0.3 is 10.4 Å². The van der Waals surface area contributed by atoms with E-state index in [4.69, 9.17) is 5.11 Å². The van der Waals surface area contributed by atoms with Gasteiger partial charge in [0.05, 0.1) is 5.56 Å². The van der Waals surface area contributed by atoms with E-state index >= 15 is 0 Å². The lowest BCUT2D eigenvalue weighted by Gasteiger charge is -2.06. The average Bonchev–Trinajstić information content (AvgIpc) is 2.18. The van der Waals surface area contributed by atoms with Crippen molar-refractivity contribution in [3.05, 3.63) is 18.0 Å². The topological polar surface area (TPSA) is 75.1 Å². The summed E-state index contributed by atoms with van der Waals surface area (Å²) in [6, 6.07) is 0. The normalized spacial score (nSPS) is 10.3. The number of rotatable bonds is 5. The lowest BCUT2D eigenvalue weighted by Crippen LogP contribution is -2.08. The van der Waals surface area contributed by atoms with Gasteiger partial charge >= 0.3 is 5.97 Å². The highest BCUT2D eigenvalue weighted by Gasteiger charge is 2.03. The summed E-state index contributed by atoms with van der Waals surface area (Å²) in [4.78, 5) is 18.3. The molecule has 0 saturated carbocycles. The molecule has 0 radical (unpaired) electrons. The molecule has 0 aliphatic heterocycles. The van der Waals surface area contributed by atoms with Crippen LogP contribution in [0.15, 0.2) is 12.4 Å². The summed E-state index contributed by atoms with van der Waals surface area (Å²) in [5.74, 6) is 0.0835. The third-order valence-corrected chi connectivity index (χ3v) is 1.90. The predicted octanol–water partition coefficient (Wildman–Crippen LogP) is 1.63. The van der Waals surface area contributed by atoms with Gasteiger partial charge in [-0.25, -0.2) is 14.8 Å². The molecule has 0 bridgehead atoms. The van der Waals surface area contributed by atoms with Crippen molar-refractivity contribution < 1.29 is 9.90 Å². The van der Waals surface area contributed by atoms with Crippen molar-refractivity contribution in [2.24, 2.45) is 5.92 Å². The van der Waals surface area contributed by atoms with Crippen LogP contribution in [0.2, 0.25) is 0 Å². The van der Waals surface area contributed by atoms with E-state index in [1.165, 1.54) is 12.4 Å². The zero-order valence-electron chi connectivity index (χ0n) is 8.90. The Bertz CT molecular complexity index is 322. The zero-order chi connectivity index (χ0) is 11.3. The van der Waals surface area contributed by atoms with Gasteiger partial charge in [0.25, 0.3) is 0 Å². The summed E-state index contributed by atoms with van der Waals surface area (Å²) in [7, 11) is 0. The van der Waals surface area contributed by atoms with Crippen LogP contribution in [0.3, 0.4) is 0 Å². The second kappa shape index (κ2) is 5.29. The summed E-state index contributed by atoms with van der Waals surface area (Å²) in [5.41, 5.74) is 0.101. The smallest absolute Gasteiger partial charge is 0.338 e. The number of carboxylic acids is 1. The summed E-state index contributed by atoms with van der Waals surface area (Å²) in [5, 5.41) is 11.7. The van der Waals surface area contributed by atoms with Gasteiger partial charge in [-0.1, -0.05) is 13.8 Å². The van der Waals surface area contributed by atoms with E-state index in [9.17, 15) is 4.79 Å². The molecular weight excluding hydrogens is 194 g/mol. The van der Waals surface area contributed by atoms with Crippen molar-refractivity contribution in [2.75, 3.05) is 11.9 Å². The highest BCUT2D eigenvalue weighted by Crippen LogP contribution is 2.02. The first-order valence-corrected chi connectivity index (χ1v) is 4.89. The Hall–Kier alpha value is -1.65. The van der Waals surface area contributed by atoms with Crippen LogP contribution in [0.4, 0.5) is 5.95 Å². The summed E-state index contributed by atoms with van der Waals surface area (Å²) >= 11 is 0. The Labute approximate surface area is 88.6 Å². The van der Waals surface area contributed by atoms with Gasteiger partial charge in [0.2, 0.25) is 5.95 Å². The quantitative estimate of drug-likeness (QED) is 0.770. The zero-order valence-corrected chi connectivity index (χ0v) is 8.90. The number of carbonyl (C=O) groups is 1. The number of anilines is 1. The molecule has 0 spiro atoms. The molecule has 1 aromatic rings. The van der Waals surface area contributed by atoms with Gasteiger partial charge in [0.1, 0.15) is 0 Å². The standard InChI is InChI=1S/C10H15N3O2/c1-7(2)3-4-11-10-12-5-8(6-13-10)9(14)15/h5-7H,3-4H2,1-2H3,(H,14,15)(H,11,12,13). The van der Waals surface area contributed by atoms with Crippen molar-refractivity contribution in [3.63, 3.8) is 0 Å². The average molecular weight is 209 g/mol. The molecule has 0 aromatic carbocycles. The van der Waals surface area contributed by atoms with E-state index in [-0.39, 0.29) is 5.56 Å². The molecule has 0 amide bonds. The Kier molecular flexibility index (Phi) is 4.03. The van der Waals surface area contributed by atoms with Crippen molar-refractivity contribution >= 4 is 11.9 Å². The monoisotopic (exact) mass is 209 g/mol. The first-order valence-electron chi connectivity index (χ1n) is 4.89. The van der Waals surface area contributed by atoms with Gasteiger partial charge in [0, 0.05) is 18.9 Å². The van der Waals surface area contributed by atoms with Crippen LogP contribution in [0.1, 0.15) is 30.6 Å². The minimum absolute atomic E-state index is 0.101. The third kappa shape index (κ3) is 3.93. The molecule has 82 valence electrons. The maximum atomic E-state index is 10.5. The van der Waals surface area contributed by atoms with Crippen LogP contribution in [0, 0.1) is 5.92 Å². The fourth-order valence-corrected chi connectivity index (χ4v) is 1.00. The van der Waals surface area contributed by atoms with Gasteiger partial charge in [-0.3, -0.25) is 0 Å². The Morgan fingerprint density at radius 2 is 2.07 bits per heavy atom. The maximum Gasteiger partial charge on any atom is 0.338 e. The summed E-state index contributed by atoms with van der Waals surface area (Å²) in [6.45, 7) is 5.07. The minimum Gasteiger partial charge on any atom is -0.478 e. The minimum atomic E-state index is -1.01. The fourth-order valence-electron chi connectivity index (χ4n) is 1.00. The first kappa shape index (κ1) is 11.4. The van der Waals surface area contributed by atoms with E-state index < -0.39 is 5.97 Å². The second-order valence-corrected chi connectivity index (χ2v) is 3.71. The van der Waals surface area contributed by atoms with E-state index in [1.54, 1.807) is 0 Å². The summed E-state index contributed by atoms with van der Waals surface area (Å²) < 4.78 is 0. The van der Waals surface area contributed by atoms with Crippen molar-refractivity contribution in [2.45, 2.75) is 20.3 Å². The molecule has 1 heterocycles. The summed E-state index contributed by atoms with van der Waals surface area (Å²) in [6.07, 6.45) is 3.63. The van der Waals surface area contributed by atoms with Crippen molar-refractivity contribution in [1.29, 1.82) is 0 Å². The van der Waals surface area contributed by atoms with Crippen LogP contribution < -0.4 is 5.32 Å². The molecular formula is C10H15N3O2. The molecule has 0 aliphatic carbocycles. The largest absolute Gasteiger partial charge is 0.478 e. The lowest BCUT2D eigenvalue weighted by molar-refractivity contribution is 0.0696. The van der Waals surface area contributed by atoms with Gasteiger partial charge in [-0.05, 0) is 12.3 Å². The highest BCUT2D eigenvalue weighted by atomic mass is 16.4. The first-order chi connectivity index (χ1) is 7.09. The molecule has 2 N–H and O–H groups in total. The van der Waals surface area contributed by atoms with E-state index in [0.29, 0.717) is 11.9 Å². The van der Waals surface area contributed by atoms with Crippen molar-refractivity contribution in [1.82, 2.24) is 9.97 Å². The van der Waals surface area contributed by atoms with Crippen molar-refractivity contribution in [3.8, 4) is 0 Å². The molecule has 1 aromatic heterocycles. The number of hydrogen-bond acceptors (Lipinski definition) is 4. The van der Waals surface area contributed by atoms with Crippen LogP contribution in [0.25, 0.3) is 0 Å². The SMILES string of the molecule is CC(C)CCNc1ncc(C(=O)O)cn1. The lowest BCUT2D eigenvalue weighted by atomic mass is 10.1. The van der Waals surface area contributed by atoms with Gasteiger partial charge in [0.15, 0.2) is 0 Å². The Morgan fingerprint density at radius 3 is 2.53 bits per heavy atom. The Balaban J connectivity index is 2.46. The van der Waals surface area contributed by atoms with Crippen LogP contribution in [-0.4, -0.2) is 27.6 Å². The van der Waals surface area contributed by atoms with E-state index in [0.717, 1.165) is 13.0 Å². The van der Waals surface area contributed by atoms with Gasteiger partial charge in [-0.2, -0.15) is 0 Å². The number of aromatic nitrogens is 2. The molecule has 1 rings (SSSR count). The van der Waals surface area contributed by atoms with Crippen LogP contribution in [0.5, 0.6) is 0 Å². The number of hydrogen-bond donors (Lipinski definition) is 2. The molecule has 15 heavy (non-hydrogen) atoms. The molecule has 0 aliphatic rings. The molecule has 5 nitrogen and oxygen atoms in total. The molecule has 0 fully saturated rings. The van der Waals surface area contributed by atoms with E-state index in [2.05, 4.69) is 29.1 Å². The number of nitrogens with zero attached hydrogens (tertiary/aromatic N) is 2. The number of carboxylic acid groups (broad SMARTS) is 1.